The monoisotopic (exact) mass is 331 g/mol. The Morgan fingerprint density at radius 3 is 2.75 bits per heavy atom. The number of morpholine rings is 1. The fraction of sp³-hybridized carbons (Fsp3) is 0.364. The molecule has 86 valence electrons. The number of hydrogen-bond acceptors (Lipinski definition) is 2. The molecule has 1 aliphatic heterocycles. The summed E-state index contributed by atoms with van der Waals surface area (Å²) in [7, 11) is 0. The van der Waals surface area contributed by atoms with Crippen molar-refractivity contribution in [2.24, 2.45) is 5.73 Å². The van der Waals surface area contributed by atoms with Crippen LogP contribution in [-0.4, -0.2) is 30.6 Å². The highest BCUT2D eigenvalue weighted by molar-refractivity contribution is 14.1. The molecule has 1 aromatic rings. The molecule has 0 aliphatic carbocycles. The van der Waals surface area contributed by atoms with E-state index in [0.29, 0.717) is 19.7 Å². The molecule has 0 bridgehead atoms. The third-order valence-electron chi connectivity index (χ3n) is 2.65. The maximum atomic E-state index is 7.42. The van der Waals surface area contributed by atoms with Gasteiger partial charge in [-0.05, 0) is 40.3 Å². The topological polar surface area (TPSA) is 62.3 Å². The van der Waals surface area contributed by atoms with Crippen LogP contribution >= 0.6 is 22.6 Å². The highest BCUT2D eigenvalue weighted by atomic mass is 127. The Morgan fingerprint density at radius 1 is 1.44 bits per heavy atom. The van der Waals surface area contributed by atoms with Crippen LogP contribution in [-0.2, 0) is 4.74 Å². The van der Waals surface area contributed by atoms with Gasteiger partial charge in [0.05, 0.1) is 13.2 Å². The van der Waals surface area contributed by atoms with Gasteiger partial charge in [-0.25, -0.2) is 0 Å². The highest BCUT2D eigenvalue weighted by Crippen LogP contribution is 2.22. The Bertz CT molecular complexity index is 379. The largest absolute Gasteiger partial charge is 0.370 e. The van der Waals surface area contributed by atoms with Gasteiger partial charge in [-0.3, -0.25) is 5.41 Å². The third kappa shape index (κ3) is 2.65. The molecule has 1 aliphatic rings. The van der Waals surface area contributed by atoms with E-state index < -0.39 is 0 Å². The van der Waals surface area contributed by atoms with Crippen molar-refractivity contribution >= 4 is 28.6 Å². The Kier molecular flexibility index (Phi) is 3.65. The van der Waals surface area contributed by atoms with Crippen LogP contribution in [0, 0.1) is 8.98 Å². The highest BCUT2D eigenvalue weighted by Gasteiger charge is 2.22. The van der Waals surface area contributed by atoms with Gasteiger partial charge in [-0.2, -0.15) is 0 Å². The second kappa shape index (κ2) is 5.01. The van der Waals surface area contributed by atoms with E-state index in [0.717, 1.165) is 5.56 Å². The molecule has 0 unspecified atom stereocenters. The number of nitrogens with one attached hydrogen (secondary N) is 1. The molecule has 5 heteroatoms. The number of nitrogens with zero attached hydrogens (tertiary/aromatic N) is 1. The Hall–Kier alpha value is -0.820. The zero-order chi connectivity index (χ0) is 11.5. The minimum Gasteiger partial charge on any atom is -0.370 e. The maximum absolute atomic E-state index is 7.42. The summed E-state index contributed by atoms with van der Waals surface area (Å²) in [5, 5.41) is 7.42. The molecule has 1 fully saturated rings. The third-order valence-corrected chi connectivity index (χ3v) is 3.37. The number of rotatable bonds is 1. The van der Waals surface area contributed by atoms with E-state index in [1.807, 2.05) is 4.90 Å². The van der Waals surface area contributed by atoms with Crippen molar-refractivity contribution in [2.45, 2.75) is 6.10 Å². The van der Waals surface area contributed by atoms with Crippen molar-refractivity contribution in [3.8, 4) is 0 Å². The lowest BCUT2D eigenvalue weighted by Gasteiger charge is -2.33. The van der Waals surface area contributed by atoms with Gasteiger partial charge in [-0.15, -0.1) is 0 Å². The SMILES string of the molecule is N=C(N)N1CCO[C@@H](c2ccc(I)cc2)C1. The summed E-state index contributed by atoms with van der Waals surface area (Å²) < 4.78 is 6.90. The van der Waals surface area contributed by atoms with Crippen LogP contribution in [0.3, 0.4) is 0 Å². The molecular formula is C11H14IN3O. The lowest BCUT2D eigenvalue weighted by molar-refractivity contribution is -0.00752. The van der Waals surface area contributed by atoms with Crippen LogP contribution in [0.1, 0.15) is 11.7 Å². The molecule has 4 nitrogen and oxygen atoms in total. The van der Waals surface area contributed by atoms with Crippen LogP contribution < -0.4 is 5.73 Å². The first kappa shape index (κ1) is 11.7. The molecule has 0 saturated carbocycles. The van der Waals surface area contributed by atoms with E-state index in [2.05, 4.69) is 46.9 Å². The van der Waals surface area contributed by atoms with E-state index in [-0.39, 0.29) is 12.1 Å². The summed E-state index contributed by atoms with van der Waals surface area (Å²) in [4.78, 5) is 1.84. The number of hydrogen-bond donors (Lipinski definition) is 2. The quantitative estimate of drug-likeness (QED) is 0.466. The van der Waals surface area contributed by atoms with E-state index in [9.17, 15) is 0 Å². The Morgan fingerprint density at radius 2 is 2.12 bits per heavy atom. The zero-order valence-electron chi connectivity index (χ0n) is 8.82. The fourth-order valence-corrected chi connectivity index (χ4v) is 2.11. The molecule has 1 aromatic carbocycles. The zero-order valence-corrected chi connectivity index (χ0v) is 11.0. The van der Waals surface area contributed by atoms with Gasteiger partial charge in [0.2, 0.25) is 0 Å². The first-order valence-corrected chi connectivity index (χ1v) is 6.21. The van der Waals surface area contributed by atoms with E-state index in [1.54, 1.807) is 0 Å². The molecule has 1 saturated heterocycles. The minimum atomic E-state index is 0.0228. The summed E-state index contributed by atoms with van der Waals surface area (Å²) in [6.07, 6.45) is 0.0228. The first-order chi connectivity index (χ1) is 7.66. The number of ether oxygens (including phenoxy) is 1. The van der Waals surface area contributed by atoms with Crippen molar-refractivity contribution in [1.82, 2.24) is 4.90 Å². The normalized spacial score (nSPS) is 20.8. The molecule has 1 heterocycles. The second-order valence-electron chi connectivity index (χ2n) is 3.74. The van der Waals surface area contributed by atoms with E-state index >= 15 is 0 Å². The summed E-state index contributed by atoms with van der Waals surface area (Å²) >= 11 is 2.28. The van der Waals surface area contributed by atoms with Gasteiger partial charge in [0.15, 0.2) is 5.96 Å². The number of guanidine groups is 1. The smallest absolute Gasteiger partial charge is 0.188 e. The maximum Gasteiger partial charge on any atom is 0.188 e. The fourth-order valence-electron chi connectivity index (χ4n) is 1.75. The summed E-state index contributed by atoms with van der Waals surface area (Å²) in [5.74, 6) is 0.124. The predicted molar refractivity (Wildman–Crippen MR) is 71.3 cm³/mol. The van der Waals surface area contributed by atoms with Crippen molar-refractivity contribution in [2.75, 3.05) is 19.7 Å². The van der Waals surface area contributed by atoms with Crippen molar-refractivity contribution in [1.29, 1.82) is 5.41 Å². The molecule has 0 radical (unpaired) electrons. The average molecular weight is 331 g/mol. The lowest BCUT2D eigenvalue weighted by atomic mass is 10.1. The summed E-state index contributed by atoms with van der Waals surface area (Å²) in [5.41, 5.74) is 6.63. The van der Waals surface area contributed by atoms with Gasteiger partial charge in [0.1, 0.15) is 6.10 Å². The number of halogens is 1. The van der Waals surface area contributed by atoms with Gasteiger partial charge in [-0.1, -0.05) is 12.1 Å². The van der Waals surface area contributed by atoms with E-state index in [1.165, 1.54) is 3.57 Å². The Labute approximate surface area is 108 Å². The van der Waals surface area contributed by atoms with E-state index in [4.69, 9.17) is 15.9 Å². The molecule has 0 aromatic heterocycles. The first-order valence-electron chi connectivity index (χ1n) is 5.13. The standard InChI is InChI=1S/C11H14IN3O/c12-9-3-1-8(2-4-9)10-7-15(11(13)14)5-6-16-10/h1-4,10H,5-7H2,(H3,13,14)/t10-/m1/s1. The van der Waals surface area contributed by atoms with Gasteiger partial charge >= 0.3 is 0 Å². The van der Waals surface area contributed by atoms with Crippen molar-refractivity contribution < 1.29 is 4.74 Å². The number of benzene rings is 1. The minimum absolute atomic E-state index is 0.0228. The lowest BCUT2D eigenvalue weighted by Crippen LogP contribution is -2.45. The van der Waals surface area contributed by atoms with Crippen molar-refractivity contribution in [3.05, 3.63) is 33.4 Å². The average Bonchev–Trinajstić information content (AvgIpc) is 2.30. The van der Waals surface area contributed by atoms with Gasteiger partial charge < -0.3 is 15.4 Å². The molecular weight excluding hydrogens is 317 g/mol. The van der Waals surface area contributed by atoms with Crippen LogP contribution in [0.25, 0.3) is 0 Å². The van der Waals surface area contributed by atoms with Gasteiger partial charge in [0.25, 0.3) is 0 Å². The van der Waals surface area contributed by atoms with Gasteiger partial charge in [0, 0.05) is 10.1 Å². The Balaban J connectivity index is 2.09. The molecule has 0 amide bonds. The molecule has 16 heavy (non-hydrogen) atoms. The number of nitrogens with two attached hydrogens (primary N) is 1. The molecule has 1 atom stereocenters. The van der Waals surface area contributed by atoms with Crippen LogP contribution in [0.4, 0.5) is 0 Å². The van der Waals surface area contributed by atoms with Crippen molar-refractivity contribution in [3.63, 3.8) is 0 Å². The summed E-state index contributed by atoms with van der Waals surface area (Å²) in [6.45, 7) is 1.99. The summed E-state index contributed by atoms with van der Waals surface area (Å²) in [6, 6.07) is 8.25. The molecule has 3 N–H and O–H groups in total. The van der Waals surface area contributed by atoms with Crippen LogP contribution in [0.15, 0.2) is 24.3 Å². The van der Waals surface area contributed by atoms with Crippen LogP contribution in [0.2, 0.25) is 0 Å². The predicted octanol–water partition coefficient (Wildman–Crippen LogP) is 1.56. The second-order valence-corrected chi connectivity index (χ2v) is 4.99. The molecule has 2 rings (SSSR count). The van der Waals surface area contributed by atoms with Crippen LogP contribution in [0.5, 0.6) is 0 Å². The molecule has 0 spiro atoms.